The van der Waals surface area contributed by atoms with Gasteiger partial charge >= 0.3 is 0 Å². The van der Waals surface area contributed by atoms with E-state index < -0.39 is 0 Å². The van der Waals surface area contributed by atoms with Crippen LogP contribution < -0.4 is 5.56 Å². The molecule has 0 unspecified atom stereocenters. The van der Waals surface area contributed by atoms with E-state index in [-0.39, 0.29) is 18.0 Å². The maximum atomic E-state index is 13.8. The number of para-hydroxylation sites is 1. The number of aryl methyl sites for hydroxylation is 3. The van der Waals surface area contributed by atoms with Gasteiger partial charge in [0.25, 0.3) is 5.56 Å². The monoisotopic (exact) mass is 470 g/mol. The number of carbonyl (C=O) groups is 1. The van der Waals surface area contributed by atoms with Crippen molar-refractivity contribution in [2.24, 2.45) is 11.8 Å². The molecule has 2 aromatic carbocycles. The molecule has 5 rings (SSSR count). The molecule has 182 valence electrons. The van der Waals surface area contributed by atoms with Crippen molar-refractivity contribution in [1.82, 2.24) is 19.2 Å². The van der Waals surface area contributed by atoms with Gasteiger partial charge in [-0.3, -0.25) is 9.59 Å². The van der Waals surface area contributed by atoms with Crippen molar-refractivity contribution in [1.29, 1.82) is 0 Å². The van der Waals surface area contributed by atoms with Crippen LogP contribution in [0.4, 0.5) is 0 Å². The van der Waals surface area contributed by atoms with Gasteiger partial charge in [0.15, 0.2) is 0 Å². The van der Waals surface area contributed by atoms with Crippen molar-refractivity contribution in [3.05, 3.63) is 75.2 Å². The molecular formula is C29H34N4O2. The molecule has 1 saturated heterocycles. The van der Waals surface area contributed by atoms with Gasteiger partial charge in [-0.1, -0.05) is 49.7 Å². The van der Waals surface area contributed by atoms with Crippen LogP contribution in [0.15, 0.2) is 47.4 Å². The predicted molar refractivity (Wildman–Crippen MR) is 141 cm³/mol. The van der Waals surface area contributed by atoms with Gasteiger partial charge in [-0.2, -0.15) is 5.10 Å². The summed E-state index contributed by atoms with van der Waals surface area (Å²) in [6.07, 6.45) is 2.88. The molecule has 4 aromatic rings. The predicted octanol–water partition coefficient (Wildman–Crippen LogP) is 4.83. The second-order valence-corrected chi connectivity index (χ2v) is 10.6. The Labute approximate surface area is 206 Å². The Morgan fingerprint density at radius 2 is 1.66 bits per heavy atom. The maximum Gasteiger partial charge on any atom is 0.291 e. The summed E-state index contributed by atoms with van der Waals surface area (Å²) in [7, 11) is 0. The van der Waals surface area contributed by atoms with E-state index in [0.717, 1.165) is 35.8 Å². The Morgan fingerprint density at radius 3 is 2.34 bits per heavy atom. The van der Waals surface area contributed by atoms with Crippen LogP contribution in [0.5, 0.6) is 0 Å². The molecule has 0 saturated carbocycles. The van der Waals surface area contributed by atoms with Crippen LogP contribution in [0.3, 0.4) is 0 Å². The van der Waals surface area contributed by atoms with Gasteiger partial charge < -0.3 is 9.47 Å². The largest absolute Gasteiger partial charge is 0.341 e. The first kappa shape index (κ1) is 23.3. The normalized spacial score (nSPS) is 18.5. The minimum absolute atomic E-state index is 0.0294. The standard InChI is InChI=1S/C29H34N4O2/c1-18-11-21(4)25(22(5)12-18)16-32-26-9-7-6-8-23(26)24-13-30-33(29(35)28(24)32)17-27(34)31-14-19(2)10-20(3)15-31/h6-9,11-13,19-20H,10,14-17H2,1-5H3/t19-,20-/m1/s1. The molecule has 0 bridgehead atoms. The third kappa shape index (κ3) is 4.26. The van der Waals surface area contributed by atoms with E-state index >= 15 is 0 Å². The van der Waals surface area contributed by atoms with Crippen LogP contribution in [0.25, 0.3) is 21.8 Å². The minimum atomic E-state index is -0.215. The fourth-order valence-corrected chi connectivity index (χ4v) is 5.98. The summed E-state index contributed by atoms with van der Waals surface area (Å²) in [5.41, 5.74) is 6.27. The average molecular weight is 471 g/mol. The molecule has 0 radical (unpaired) electrons. The van der Waals surface area contributed by atoms with Gasteiger partial charge in [0.05, 0.1) is 6.20 Å². The van der Waals surface area contributed by atoms with E-state index in [9.17, 15) is 9.59 Å². The molecule has 35 heavy (non-hydrogen) atoms. The summed E-state index contributed by atoms with van der Waals surface area (Å²) in [5, 5.41) is 6.28. The number of fused-ring (bicyclic) bond motifs is 3. The number of rotatable bonds is 4. The first-order valence-corrected chi connectivity index (χ1v) is 12.5. The Hall–Kier alpha value is -3.41. The van der Waals surface area contributed by atoms with E-state index in [1.165, 1.54) is 26.9 Å². The highest BCUT2D eigenvalue weighted by molar-refractivity contribution is 6.07. The Morgan fingerprint density at radius 1 is 1.00 bits per heavy atom. The van der Waals surface area contributed by atoms with Crippen molar-refractivity contribution >= 4 is 27.7 Å². The van der Waals surface area contributed by atoms with Gasteiger partial charge in [-0.25, -0.2) is 4.68 Å². The molecule has 6 heteroatoms. The molecule has 1 fully saturated rings. The van der Waals surface area contributed by atoms with Crippen LogP contribution >= 0.6 is 0 Å². The van der Waals surface area contributed by atoms with Crippen LogP contribution in [-0.2, 0) is 17.9 Å². The van der Waals surface area contributed by atoms with Crippen molar-refractivity contribution in [2.45, 2.75) is 54.1 Å². The SMILES string of the molecule is Cc1cc(C)c(Cn2c3ccccc3c3cnn(CC(=O)N4C[C@H](C)C[C@@H](C)C4)c(=O)c32)c(C)c1. The smallest absolute Gasteiger partial charge is 0.291 e. The average Bonchev–Trinajstić information content (AvgIpc) is 3.11. The molecule has 0 spiro atoms. The molecule has 3 heterocycles. The molecule has 6 nitrogen and oxygen atoms in total. The third-order valence-corrected chi connectivity index (χ3v) is 7.44. The quantitative estimate of drug-likeness (QED) is 0.429. The topological polar surface area (TPSA) is 60.1 Å². The zero-order valence-corrected chi connectivity index (χ0v) is 21.3. The van der Waals surface area contributed by atoms with Gasteiger partial charge in [0.2, 0.25) is 5.91 Å². The molecule has 1 aliphatic rings. The summed E-state index contributed by atoms with van der Waals surface area (Å²) in [6, 6.07) is 12.5. The lowest BCUT2D eigenvalue weighted by molar-refractivity contribution is -0.134. The van der Waals surface area contributed by atoms with E-state index in [1.807, 2.05) is 23.1 Å². The summed E-state index contributed by atoms with van der Waals surface area (Å²) in [4.78, 5) is 28.8. The second kappa shape index (κ2) is 8.99. The van der Waals surface area contributed by atoms with E-state index in [2.05, 4.69) is 62.5 Å². The first-order valence-electron chi connectivity index (χ1n) is 12.5. The van der Waals surface area contributed by atoms with Crippen LogP contribution in [0.1, 0.15) is 42.5 Å². The third-order valence-electron chi connectivity index (χ3n) is 7.44. The van der Waals surface area contributed by atoms with Gasteiger partial charge in [-0.05, 0) is 61.8 Å². The zero-order valence-electron chi connectivity index (χ0n) is 21.3. The number of carbonyl (C=O) groups excluding carboxylic acids is 1. The Balaban J connectivity index is 1.60. The van der Waals surface area contributed by atoms with Crippen molar-refractivity contribution in [3.63, 3.8) is 0 Å². The number of likely N-dealkylation sites (tertiary alicyclic amines) is 1. The number of hydrogen-bond acceptors (Lipinski definition) is 3. The summed E-state index contributed by atoms with van der Waals surface area (Å²) in [6.45, 7) is 12.8. The fourth-order valence-electron chi connectivity index (χ4n) is 5.98. The van der Waals surface area contributed by atoms with Gasteiger partial charge in [0.1, 0.15) is 12.1 Å². The molecule has 1 aliphatic heterocycles. The number of amides is 1. The minimum Gasteiger partial charge on any atom is -0.341 e. The Kier molecular flexibility index (Phi) is 5.99. The lowest BCUT2D eigenvalue weighted by Gasteiger charge is -2.35. The molecule has 0 N–H and O–H groups in total. The number of hydrogen-bond donors (Lipinski definition) is 0. The second-order valence-electron chi connectivity index (χ2n) is 10.6. The number of piperidine rings is 1. The van der Waals surface area contributed by atoms with Gasteiger partial charge in [0, 0.05) is 35.9 Å². The van der Waals surface area contributed by atoms with E-state index in [1.54, 1.807) is 6.20 Å². The summed E-state index contributed by atoms with van der Waals surface area (Å²) >= 11 is 0. The van der Waals surface area contributed by atoms with Crippen molar-refractivity contribution in [2.75, 3.05) is 13.1 Å². The first-order chi connectivity index (χ1) is 16.7. The molecule has 1 amide bonds. The van der Waals surface area contributed by atoms with Crippen LogP contribution in [0.2, 0.25) is 0 Å². The number of nitrogens with zero attached hydrogens (tertiary/aromatic N) is 4. The molecule has 2 atom stereocenters. The van der Waals surface area contributed by atoms with Crippen LogP contribution in [-0.4, -0.2) is 38.2 Å². The highest BCUT2D eigenvalue weighted by Gasteiger charge is 2.26. The molecule has 0 aliphatic carbocycles. The Bertz CT molecular complexity index is 1460. The zero-order chi connectivity index (χ0) is 24.9. The van der Waals surface area contributed by atoms with Crippen LogP contribution in [0, 0.1) is 32.6 Å². The summed E-state index contributed by atoms with van der Waals surface area (Å²) < 4.78 is 3.45. The van der Waals surface area contributed by atoms with Crippen molar-refractivity contribution < 1.29 is 4.79 Å². The van der Waals surface area contributed by atoms with E-state index in [4.69, 9.17) is 0 Å². The fraction of sp³-hybridized carbons (Fsp3) is 0.414. The molecular weight excluding hydrogens is 436 g/mol. The lowest BCUT2D eigenvalue weighted by atomic mass is 9.92. The van der Waals surface area contributed by atoms with Crippen molar-refractivity contribution in [3.8, 4) is 0 Å². The van der Waals surface area contributed by atoms with E-state index in [0.29, 0.717) is 23.9 Å². The number of aromatic nitrogens is 3. The lowest BCUT2D eigenvalue weighted by Crippen LogP contribution is -2.45. The highest BCUT2D eigenvalue weighted by atomic mass is 16.2. The highest BCUT2D eigenvalue weighted by Crippen LogP contribution is 2.29. The maximum absolute atomic E-state index is 13.8. The molecule has 2 aromatic heterocycles. The van der Waals surface area contributed by atoms with Gasteiger partial charge in [-0.15, -0.1) is 0 Å². The summed E-state index contributed by atoms with van der Waals surface area (Å²) in [5.74, 6) is 0.905. The number of benzene rings is 2.